The Morgan fingerprint density at radius 1 is 1.50 bits per heavy atom. The van der Waals surface area contributed by atoms with Crippen molar-refractivity contribution in [1.29, 1.82) is 0 Å². The molecule has 2 N–H and O–H groups in total. The number of ether oxygens (including phenoxy) is 1. The molecule has 1 saturated heterocycles. The zero-order valence-electron chi connectivity index (χ0n) is 11.4. The molecule has 1 aliphatic heterocycles. The Morgan fingerprint density at radius 2 is 2.15 bits per heavy atom. The van der Waals surface area contributed by atoms with Crippen molar-refractivity contribution in [3.63, 3.8) is 0 Å². The summed E-state index contributed by atoms with van der Waals surface area (Å²) >= 11 is 5.80. The molecule has 2 amide bonds. The van der Waals surface area contributed by atoms with E-state index in [1.54, 1.807) is 17.0 Å². The minimum absolute atomic E-state index is 0.0103. The maximum atomic E-state index is 11.8. The molecule has 1 aromatic rings. The maximum absolute atomic E-state index is 11.8. The summed E-state index contributed by atoms with van der Waals surface area (Å²) < 4.78 is 5.71. The largest absolute Gasteiger partial charge is 0.487 e. The number of likely N-dealkylation sites (tertiary alicyclic amines) is 1. The molecule has 0 spiro atoms. The van der Waals surface area contributed by atoms with Crippen molar-refractivity contribution in [3.05, 3.63) is 29.3 Å². The van der Waals surface area contributed by atoms with Gasteiger partial charge in [-0.05, 0) is 30.7 Å². The minimum atomic E-state index is -0.182. The summed E-state index contributed by atoms with van der Waals surface area (Å²) in [6, 6.07) is 6.83. The molecule has 20 heavy (non-hydrogen) atoms. The number of nitrogens with zero attached hydrogens (tertiary/aromatic N) is 1. The molecule has 1 aromatic carbocycles. The monoisotopic (exact) mass is 298 g/mol. The number of hydrogen-bond acceptors (Lipinski definition) is 3. The van der Waals surface area contributed by atoms with Crippen molar-refractivity contribution in [1.82, 2.24) is 10.2 Å². The van der Waals surface area contributed by atoms with Gasteiger partial charge in [-0.25, -0.2) is 4.79 Å². The lowest BCUT2D eigenvalue weighted by molar-refractivity contribution is 0.0425. The number of urea groups is 1. The van der Waals surface area contributed by atoms with Crippen molar-refractivity contribution in [3.8, 4) is 5.75 Å². The van der Waals surface area contributed by atoms with Crippen LogP contribution in [0, 0.1) is 0 Å². The lowest BCUT2D eigenvalue weighted by atomic mass is 10.1. The van der Waals surface area contributed by atoms with Gasteiger partial charge in [0.1, 0.15) is 11.9 Å². The van der Waals surface area contributed by atoms with Crippen LogP contribution in [0.4, 0.5) is 4.79 Å². The number of halogens is 1. The first-order chi connectivity index (χ1) is 9.62. The first-order valence-corrected chi connectivity index (χ1v) is 7.08. The quantitative estimate of drug-likeness (QED) is 0.872. The number of amides is 2. The number of aliphatic hydroxyl groups excluding tert-OH is 1. The van der Waals surface area contributed by atoms with E-state index in [4.69, 9.17) is 21.4 Å². The Morgan fingerprint density at radius 3 is 2.70 bits per heavy atom. The second-order valence-electron chi connectivity index (χ2n) is 4.84. The van der Waals surface area contributed by atoms with E-state index >= 15 is 0 Å². The molecule has 1 fully saturated rings. The van der Waals surface area contributed by atoms with Crippen LogP contribution in [0.25, 0.3) is 0 Å². The van der Waals surface area contributed by atoms with E-state index < -0.39 is 0 Å². The van der Waals surface area contributed by atoms with Crippen molar-refractivity contribution < 1.29 is 14.6 Å². The van der Waals surface area contributed by atoms with Gasteiger partial charge >= 0.3 is 6.03 Å². The summed E-state index contributed by atoms with van der Waals surface area (Å²) in [4.78, 5) is 13.5. The Labute approximate surface area is 123 Å². The molecule has 0 unspecified atom stereocenters. The number of aliphatic hydroxyl groups is 1. The highest BCUT2D eigenvalue weighted by Crippen LogP contribution is 2.20. The van der Waals surface area contributed by atoms with Crippen molar-refractivity contribution >= 4 is 17.6 Å². The van der Waals surface area contributed by atoms with Crippen molar-refractivity contribution in [2.24, 2.45) is 0 Å². The van der Waals surface area contributed by atoms with E-state index in [2.05, 4.69) is 5.32 Å². The number of hydrogen-bond donors (Lipinski definition) is 2. The Bertz CT molecular complexity index is 442. The molecule has 0 saturated carbocycles. The fourth-order valence-electron chi connectivity index (χ4n) is 1.93. The number of carbonyl (C=O) groups is 1. The molecule has 110 valence electrons. The average Bonchev–Trinajstić information content (AvgIpc) is 2.41. The van der Waals surface area contributed by atoms with Gasteiger partial charge in [-0.3, -0.25) is 0 Å². The Kier molecular flexibility index (Phi) is 5.09. The molecule has 0 radical (unpaired) electrons. The summed E-state index contributed by atoms with van der Waals surface area (Å²) in [7, 11) is 0. The van der Waals surface area contributed by atoms with Gasteiger partial charge in [-0.1, -0.05) is 18.5 Å². The van der Waals surface area contributed by atoms with Crippen LogP contribution in [0.1, 0.15) is 13.3 Å². The summed E-state index contributed by atoms with van der Waals surface area (Å²) in [6.45, 7) is 2.98. The van der Waals surface area contributed by atoms with Crippen LogP contribution < -0.4 is 10.1 Å². The molecule has 6 heteroatoms. The predicted molar refractivity (Wildman–Crippen MR) is 77.1 cm³/mol. The van der Waals surface area contributed by atoms with E-state index in [-0.39, 0.29) is 24.8 Å². The van der Waals surface area contributed by atoms with Gasteiger partial charge in [-0.2, -0.15) is 0 Å². The highest BCUT2D eigenvalue weighted by atomic mass is 35.5. The molecular formula is C14H19ClN2O3. The third-order valence-corrected chi connectivity index (χ3v) is 3.54. The van der Waals surface area contributed by atoms with Gasteiger partial charge in [0.15, 0.2) is 0 Å². The number of rotatable bonds is 5. The zero-order chi connectivity index (χ0) is 14.5. The van der Waals surface area contributed by atoms with Crippen LogP contribution in [-0.4, -0.2) is 47.9 Å². The average molecular weight is 299 g/mol. The van der Waals surface area contributed by atoms with Crippen LogP contribution in [0.5, 0.6) is 5.75 Å². The topological polar surface area (TPSA) is 61.8 Å². The smallest absolute Gasteiger partial charge is 0.317 e. The van der Waals surface area contributed by atoms with Crippen molar-refractivity contribution in [2.45, 2.75) is 25.5 Å². The second kappa shape index (κ2) is 6.81. The van der Waals surface area contributed by atoms with E-state index in [9.17, 15) is 4.79 Å². The third-order valence-electron chi connectivity index (χ3n) is 3.29. The molecular weight excluding hydrogens is 280 g/mol. The lowest BCUT2D eigenvalue weighted by Crippen LogP contribution is -2.60. The summed E-state index contributed by atoms with van der Waals surface area (Å²) in [5.41, 5.74) is 0. The van der Waals surface area contributed by atoms with Crippen molar-refractivity contribution in [2.75, 3.05) is 19.7 Å². The first kappa shape index (κ1) is 14.9. The predicted octanol–water partition coefficient (Wildman–Crippen LogP) is 1.88. The zero-order valence-corrected chi connectivity index (χ0v) is 12.1. The Hall–Kier alpha value is -1.46. The second-order valence-corrected chi connectivity index (χ2v) is 5.27. The third kappa shape index (κ3) is 3.77. The van der Waals surface area contributed by atoms with Gasteiger partial charge in [0, 0.05) is 5.02 Å². The van der Waals surface area contributed by atoms with Crippen LogP contribution in [0.2, 0.25) is 5.02 Å². The molecule has 0 aliphatic carbocycles. The number of nitrogens with one attached hydrogen (secondary N) is 1. The van der Waals surface area contributed by atoms with Gasteiger partial charge in [0.25, 0.3) is 0 Å². The van der Waals surface area contributed by atoms with Crippen LogP contribution >= 0.6 is 11.6 Å². The first-order valence-electron chi connectivity index (χ1n) is 6.71. The molecule has 2 rings (SSSR count). The van der Waals surface area contributed by atoms with Crippen LogP contribution in [0.15, 0.2) is 24.3 Å². The SMILES string of the molecule is CC[C@@H](CO)NC(=O)N1CC(Oc2ccc(Cl)cc2)C1. The lowest BCUT2D eigenvalue weighted by Gasteiger charge is -2.39. The molecule has 0 bridgehead atoms. The van der Waals surface area contributed by atoms with E-state index in [0.717, 1.165) is 5.75 Å². The number of benzene rings is 1. The van der Waals surface area contributed by atoms with Gasteiger partial charge < -0.3 is 20.1 Å². The molecule has 1 heterocycles. The fourth-order valence-corrected chi connectivity index (χ4v) is 2.05. The standard InChI is InChI=1S/C14H19ClN2O3/c1-2-11(9-18)16-14(19)17-7-13(8-17)20-12-5-3-10(15)4-6-12/h3-6,11,13,18H,2,7-9H2,1H3,(H,16,19)/t11-/m0/s1. The number of carbonyl (C=O) groups excluding carboxylic acids is 1. The van der Waals surface area contributed by atoms with Gasteiger partial charge in [-0.15, -0.1) is 0 Å². The van der Waals surface area contributed by atoms with Crippen LogP contribution in [-0.2, 0) is 0 Å². The summed E-state index contributed by atoms with van der Waals surface area (Å²) in [5.74, 6) is 0.751. The molecule has 1 atom stereocenters. The Balaban J connectivity index is 1.74. The summed E-state index contributed by atoms with van der Waals surface area (Å²) in [5, 5.41) is 12.5. The fraction of sp³-hybridized carbons (Fsp3) is 0.500. The molecule has 0 aromatic heterocycles. The highest BCUT2D eigenvalue weighted by molar-refractivity contribution is 6.30. The van der Waals surface area contributed by atoms with Gasteiger partial charge in [0.2, 0.25) is 0 Å². The van der Waals surface area contributed by atoms with E-state index in [1.807, 2.05) is 19.1 Å². The van der Waals surface area contributed by atoms with Crippen LogP contribution in [0.3, 0.4) is 0 Å². The highest BCUT2D eigenvalue weighted by Gasteiger charge is 2.32. The summed E-state index contributed by atoms with van der Waals surface area (Å²) in [6.07, 6.45) is 0.719. The molecule has 1 aliphatic rings. The normalized spacial score (nSPS) is 16.4. The van der Waals surface area contributed by atoms with Gasteiger partial charge in [0.05, 0.1) is 25.7 Å². The van der Waals surface area contributed by atoms with E-state index in [0.29, 0.717) is 24.5 Å². The molecule has 5 nitrogen and oxygen atoms in total. The minimum Gasteiger partial charge on any atom is -0.487 e. The van der Waals surface area contributed by atoms with E-state index in [1.165, 1.54) is 0 Å². The maximum Gasteiger partial charge on any atom is 0.317 e.